The summed E-state index contributed by atoms with van der Waals surface area (Å²) in [6.07, 6.45) is 4.33. The zero-order valence-electron chi connectivity index (χ0n) is 10.1. The molecule has 0 saturated carbocycles. The molecule has 0 N–H and O–H groups in total. The monoisotopic (exact) mass is 256 g/mol. The second-order valence-electron chi connectivity index (χ2n) is 4.02. The minimum absolute atomic E-state index is 0.376. The second-order valence-corrected chi connectivity index (χ2v) is 6.39. The summed E-state index contributed by atoms with van der Waals surface area (Å²) in [6.45, 7) is 1.78. The van der Waals surface area contributed by atoms with Crippen LogP contribution in [-0.2, 0) is 21.2 Å². The van der Waals surface area contributed by atoms with E-state index in [1.54, 1.807) is 31.6 Å². The Morgan fingerprint density at radius 3 is 2.41 bits per heavy atom. The number of nitrogens with zero attached hydrogens (tertiary/aromatic N) is 2. The SMILES string of the molecule is C[C@@H](C(=O)N(C)Cc1ccncc1)S(C)(=O)=O. The van der Waals surface area contributed by atoms with Crippen LogP contribution in [0.1, 0.15) is 12.5 Å². The number of carbonyl (C=O) groups is 1. The van der Waals surface area contributed by atoms with E-state index in [2.05, 4.69) is 4.98 Å². The lowest BCUT2D eigenvalue weighted by Gasteiger charge is -2.20. The molecule has 0 radical (unpaired) electrons. The van der Waals surface area contributed by atoms with Crippen LogP contribution in [0.15, 0.2) is 24.5 Å². The Labute approximate surface area is 101 Å². The first kappa shape index (κ1) is 13.6. The number of pyridine rings is 1. The molecule has 1 atom stereocenters. The van der Waals surface area contributed by atoms with Gasteiger partial charge in [0.05, 0.1) is 0 Å². The normalized spacial score (nSPS) is 13.1. The van der Waals surface area contributed by atoms with Crippen molar-refractivity contribution in [2.45, 2.75) is 18.7 Å². The minimum Gasteiger partial charge on any atom is -0.340 e. The highest BCUT2D eigenvalue weighted by Crippen LogP contribution is 2.07. The molecular weight excluding hydrogens is 240 g/mol. The summed E-state index contributed by atoms with van der Waals surface area (Å²) in [6, 6.07) is 3.57. The van der Waals surface area contributed by atoms with Crippen LogP contribution in [0.4, 0.5) is 0 Å². The van der Waals surface area contributed by atoms with E-state index in [1.165, 1.54) is 11.8 Å². The molecule has 6 heteroatoms. The van der Waals surface area contributed by atoms with Gasteiger partial charge in [-0.05, 0) is 24.6 Å². The number of hydrogen-bond donors (Lipinski definition) is 0. The van der Waals surface area contributed by atoms with Crippen LogP contribution in [0.5, 0.6) is 0 Å². The van der Waals surface area contributed by atoms with Crippen molar-refractivity contribution in [2.75, 3.05) is 13.3 Å². The van der Waals surface area contributed by atoms with Gasteiger partial charge in [0.25, 0.3) is 0 Å². The van der Waals surface area contributed by atoms with Gasteiger partial charge in [0, 0.05) is 32.2 Å². The Hall–Kier alpha value is -1.43. The fourth-order valence-electron chi connectivity index (χ4n) is 1.33. The second kappa shape index (κ2) is 5.27. The topological polar surface area (TPSA) is 67.3 Å². The summed E-state index contributed by atoms with van der Waals surface area (Å²) >= 11 is 0. The molecule has 17 heavy (non-hydrogen) atoms. The average Bonchev–Trinajstić information content (AvgIpc) is 2.27. The Morgan fingerprint density at radius 2 is 1.94 bits per heavy atom. The molecule has 1 heterocycles. The summed E-state index contributed by atoms with van der Waals surface area (Å²) in [4.78, 5) is 17.1. The van der Waals surface area contributed by atoms with E-state index in [-0.39, 0.29) is 0 Å². The van der Waals surface area contributed by atoms with Crippen LogP contribution >= 0.6 is 0 Å². The Bertz CT molecular complexity index is 485. The molecule has 1 aromatic rings. The molecule has 0 saturated heterocycles. The predicted molar refractivity (Wildman–Crippen MR) is 65.0 cm³/mol. The molecule has 0 fully saturated rings. The van der Waals surface area contributed by atoms with E-state index in [9.17, 15) is 13.2 Å². The van der Waals surface area contributed by atoms with Gasteiger partial charge < -0.3 is 4.90 Å². The number of aromatic nitrogens is 1. The maximum absolute atomic E-state index is 11.8. The highest BCUT2D eigenvalue weighted by molar-refractivity contribution is 7.92. The number of carbonyl (C=O) groups excluding carboxylic acids is 1. The third kappa shape index (κ3) is 3.81. The van der Waals surface area contributed by atoms with Crippen molar-refractivity contribution in [3.63, 3.8) is 0 Å². The van der Waals surface area contributed by atoms with Crippen LogP contribution in [0, 0.1) is 0 Å². The van der Waals surface area contributed by atoms with Crippen molar-refractivity contribution in [2.24, 2.45) is 0 Å². The van der Waals surface area contributed by atoms with Crippen LogP contribution in [0.3, 0.4) is 0 Å². The van der Waals surface area contributed by atoms with E-state index >= 15 is 0 Å². The summed E-state index contributed by atoms with van der Waals surface area (Å²) in [5.41, 5.74) is 0.913. The van der Waals surface area contributed by atoms with Crippen molar-refractivity contribution < 1.29 is 13.2 Å². The lowest BCUT2D eigenvalue weighted by Crippen LogP contribution is -2.38. The van der Waals surface area contributed by atoms with Crippen LogP contribution in [-0.4, -0.2) is 42.8 Å². The average molecular weight is 256 g/mol. The lowest BCUT2D eigenvalue weighted by atomic mass is 10.2. The van der Waals surface area contributed by atoms with E-state index in [0.29, 0.717) is 6.54 Å². The van der Waals surface area contributed by atoms with Crippen molar-refractivity contribution in [1.82, 2.24) is 9.88 Å². The Balaban J connectivity index is 2.72. The third-order valence-electron chi connectivity index (χ3n) is 2.54. The number of sulfone groups is 1. The van der Waals surface area contributed by atoms with Crippen molar-refractivity contribution in [3.8, 4) is 0 Å². The fourth-order valence-corrected chi connectivity index (χ4v) is 1.88. The summed E-state index contributed by atoms with van der Waals surface area (Å²) in [7, 11) is -1.76. The fraction of sp³-hybridized carbons (Fsp3) is 0.455. The smallest absolute Gasteiger partial charge is 0.240 e. The third-order valence-corrected chi connectivity index (χ3v) is 4.02. The molecule has 0 unspecified atom stereocenters. The molecule has 94 valence electrons. The maximum atomic E-state index is 11.8. The van der Waals surface area contributed by atoms with Crippen LogP contribution in [0.2, 0.25) is 0 Å². The first-order valence-corrected chi connectivity index (χ1v) is 7.10. The summed E-state index contributed by atoms with van der Waals surface area (Å²) in [5, 5.41) is -1.01. The molecular formula is C11H16N2O3S. The molecule has 1 amide bonds. The zero-order valence-corrected chi connectivity index (χ0v) is 10.9. The predicted octanol–water partition coefficient (Wildman–Crippen LogP) is 0.473. The van der Waals surface area contributed by atoms with Crippen molar-refractivity contribution in [1.29, 1.82) is 0 Å². The number of hydrogen-bond acceptors (Lipinski definition) is 4. The summed E-state index contributed by atoms with van der Waals surface area (Å²) < 4.78 is 22.5. The quantitative estimate of drug-likeness (QED) is 0.785. The molecule has 5 nitrogen and oxygen atoms in total. The van der Waals surface area contributed by atoms with Gasteiger partial charge in [0.15, 0.2) is 9.84 Å². The van der Waals surface area contributed by atoms with Gasteiger partial charge in [0.2, 0.25) is 5.91 Å². The van der Waals surface area contributed by atoms with Gasteiger partial charge in [0.1, 0.15) is 5.25 Å². The van der Waals surface area contributed by atoms with Crippen molar-refractivity contribution in [3.05, 3.63) is 30.1 Å². The van der Waals surface area contributed by atoms with Crippen LogP contribution in [0.25, 0.3) is 0 Å². The highest BCUT2D eigenvalue weighted by Gasteiger charge is 2.26. The standard InChI is InChI=1S/C11H16N2O3S/c1-9(17(3,15)16)11(14)13(2)8-10-4-6-12-7-5-10/h4-7,9H,8H2,1-3H3/t9-/m0/s1. The molecule has 0 aliphatic heterocycles. The Morgan fingerprint density at radius 1 is 1.41 bits per heavy atom. The van der Waals surface area contributed by atoms with E-state index < -0.39 is 21.0 Å². The number of rotatable bonds is 4. The van der Waals surface area contributed by atoms with Gasteiger partial charge >= 0.3 is 0 Å². The lowest BCUT2D eigenvalue weighted by molar-refractivity contribution is -0.129. The van der Waals surface area contributed by atoms with E-state index in [4.69, 9.17) is 0 Å². The van der Waals surface area contributed by atoms with E-state index in [1.807, 2.05) is 0 Å². The van der Waals surface area contributed by atoms with E-state index in [0.717, 1.165) is 11.8 Å². The maximum Gasteiger partial charge on any atom is 0.240 e. The van der Waals surface area contributed by atoms with Gasteiger partial charge in [-0.25, -0.2) is 8.42 Å². The molecule has 0 aromatic carbocycles. The minimum atomic E-state index is -3.34. The van der Waals surface area contributed by atoms with Gasteiger partial charge in [-0.2, -0.15) is 0 Å². The molecule has 1 rings (SSSR count). The molecule has 1 aromatic heterocycles. The number of amides is 1. The van der Waals surface area contributed by atoms with Gasteiger partial charge in [-0.15, -0.1) is 0 Å². The Kier molecular flexibility index (Phi) is 4.22. The van der Waals surface area contributed by atoms with Crippen molar-refractivity contribution >= 4 is 15.7 Å². The van der Waals surface area contributed by atoms with Crippen LogP contribution < -0.4 is 0 Å². The summed E-state index contributed by atoms with van der Waals surface area (Å²) in [5.74, 6) is -0.399. The molecule has 0 aliphatic carbocycles. The molecule has 0 spiro atoms. The highest BCUT2D eigenvalue weighted by atomic mass is 32.2. The van der Waals surface area contributed by atoms with Gasteiger partial charge in [-0.3, -0.25) is 9.78 Å². The van der Waals surface area contributed by atoms with Gasteiger partial charge in [-0.1, -0.05) is 0 Å². The first-order chi connectivity index (χ1) is 7.82. The zero-order chi connectivity index (χ0) is 13.1. The first-order valence-electron chi connectivity index (χ1n) is 5.15. The largest absolute Gasteiger partial charge is 0.340 e. The molecule has 0 bridgehead atoms. The molecule has 0 aliphatic rings.